The summed E-state index contributed by atoms with van der Waals surface area (Å²) in [5, 5.41) is 20.3. The highest BCUT2D eigenvalue weighted by Crippen LogP contribution is 2.20. The lowest BCUT2D eigenvalue weighted by molar-refractivity contribution is 0.185. The molecule has 6 heteroatoms. The molecular weight excluding hydrogens is 232 g/mol. The van der Waals surface area contributed by atoms with Gasteiger partial charge >= 0.3 is 6.09 Å². The standard InChI is InChI=1S/C10H13ClN2O3/c1-6(14)2-3-7-4-9(11)12-5-8(7)13-10(15)16/h4-6,13-14H,2-3H2,1H3,(H,15,16)/t6-/m1/s1. The van der Waals surface area contributed by atoms with Crippen LogP contribution in [0.15, 0.2) is 12.3 Å². The van der Waals surface area contributed by atoms with Crippen LogP contribution >= 0.6 is 11.6 Å². The molecule has 0 bridgehead atoms. The minimum atomic E-state index is -1.15. The number of halogens is 1. The number of aliphatic hydroxyl groups is 1. The van der Waals surface area contributed by atoms with E-state index in [0.717, 1.165) is 5.56 Å². The molecule has 1 aromatic heterocycles. The smallest absolute Gasteiger partial charge is 0.409 e. The minimum Gasteiger partial charge on any atom is -0.465 e. The van der Waals surface area contributed by atoms with Gasteiger partial charge in [0.05, 0.1) is 18.0 Å². The van der Waals surface area contributed by atoms with Crippen molar-refractivity contribution < 1.29 is 15.0 Å². The number of aromatic nitrogens is 1. The van der Waals surface area contributed by atoms with Crippen molar-refractivity contribution in [3.8, 4) is 0 Å². The van der Waals surface area contributed by atoms with Crippen molar-refractivity contribution in [3.63, 3.8) is 0 Å². The fourth-order valence-electron chi connectivity index (χ4n) is 1.27. The molecule has 0 aliphatic heterocycles. The average Bonchev–Trinajstić information content (AvgIpc) is 2.17. The summed E-state index contributed by atoms with van der Waals surface area (Å²) in [5.41, 5.74) is 1.13. The first-order valence-corrected chi connectivity index (χ1v) is 5.19. The van der Waals surface area contributed by atoms with E-state index in [9.17, 15) is 9.90 Å². The molecule has 3 N–H and O–H groups in total. The van der Waals surface area contributed by atoms with Crippen LogP contribution in [0.2, 0.25) is 5.15 Å². The predicted octanol–water partition coefficient (Wildman–Crippen LogP) is 2.14. The summed E-state index contributed by atoms with van der Waals surface area (Å²) in [4.78, 5) is 14.3. The molecule has 0 unspecified atom stereocenters. The summed E-state index contributed by atoms with van der Waals surface area (Å²) in [5.74, 6) is 0. The second kappa shape index (κ2) is 5.67. The number of carboxylic acid groups (broad SMARTS) is 1. The van der Waals surface area contributed by atoms with Gasteiger partial charge in [0.25, 0.3) is 0 Å². The third kappa shape index (κ3) is 4.04. The summed E-state index contributed by atoms with van der Waals surface area (Å²) in [6.07, 6.45) is 0.852. The lowest BCUT2D eigenvalue weighted by Crippen LogP contribution is -2.11. The molecule has 16 heavy (non-hydrogen) atoms. The van der Waals surface area contributed by atoms with Gasteiger partial charge in [-0.3, -0.25) is 5.32 Å². The summed E-state index contributed by atoms with van der Waals surface area (Å²) >= 11 is 5.72. The van der Waals surface area contributed by atoms with Crippen LogP contribution in [0.25, 0.3) is 0 Å². The van der Waals surface area contributed by atoms with Crippen LogP contribution in [0.3, 0.4) is 0 Å². The quantitative estimate of drug-likeness (QED) is 0.709. The van der Waals surface area contributed by atoms with E-state index in [1.807, 2.05) is 0 Å². The Morgan fingerprint density at radius 1 is 1.69 bits per heavy atom. The molecule has 1 atom stereocenters. The Hall–Kier alpha value is -1.33. The Morgan fingerprint density at radius 2 is 2.38 bits per heavy atom. The van der Waals surface area contributed by atoms with E-state index in [1.165, 1.54) is 6.20 Å². The van der Waals surface area contributed by atoms with Gasteiger partial charge in [0.15, 0.2) is 0 Å². The van der Waals surface area contributed by atoms with Crippen molar-refractivity contribution in [3.05, 3.63) is 23.0 Å². The first-order chi connectivity index (χ1) is 7.49. The van der Waals surface area contributed by atoms with E-state index in [0.29, 0.717) is 23.7 Å². The molecule has 0 spiro atoms. The lowest BCUT2D eigenvalue weighted by atomic mass is 10.1. The largest absolute Gasteiger partial charge is 0.465 e. The van der Waals surface area contributed by atoms with Crippen LogP contribution in [-0.4, -0.2) is 27.4 Å². The van der Waals surface area contributed by atoms with Gasteiger partial charge in [0.1, 0.15) is 5.15 Å². The van der Waals surface area contributed by atoms with Crippen LogP contribution in [0.4, 0.5) is 10.5 Å². The molecule has 0 saturated carbocycles. The highest BCUT2D eigenvalue weighted by molar-refractivity contribution is 6.29. The zero-order valence-electron chi connectivity index (χ0n) is 8.77. The fourth-order valence-corrected chi connectivity index (χ4v) is 1.45. The topological polar surface area (TPSA) is 82.5 Å². The SMILES string of the molecule is C[C@@H](O)CCc1cc(Cl)ncc1NC(=O)O. The van der Waals surface area contributed by atoms with E-state index in [1.54, 1.807) is 13.0 Å². The van der Waals surface area contributed by atoms with Crippen molar-refractivity contribution in [2.75, 3.05) is 5.32 Å². The highest BCUT2D eigenvalue weighted by atomic mass is 35.5. The van der Waals surface area contributed by atoms with E-state index in [2.05, 4.69) is 10.3 Å². The van der Waals surface area contributed by atoms with Crippen molar-refractivity contribution in [2.24, 2.45) is 0 Å². The van der Waals surface area contributed by atoms with Crippen LogP contribution < -0.4 is 5.32 Å². The van der Waals surface area contributed by atoms with Gasteiger partial charge in [-0.1, -0.05) is 11.6 Å². The average molecular weight is 245 g/mol. The molecule has 88 valence electrons. The first kappa shape index (κ1) is 12.7. The van der Waals surface area contributed by atoms with Gasteiger partial charge < -0.3 is 10.2 Å². The van der Waals surface area contributed by atoms with E-state index >= 15 is 0 Å². The Balaban J connectivity index is 2.85. The molecule has 0 aliphatic rings. The third-order valence-electron chi connectivity index (χ3n) is 2.03. The number of hydrogen-bond donors (Lipinski definition) is 3. The maximum Gasteiger partial charge on any atom is 0.409 e. The first-order valence-electron chi connectivity index (χ1n) is 4.81. The Labute approximate surface area is 98.1 Å². The van der Waals surface area contributed by atoms with Gasteiger partial charge in [0, 0.05) is 0 Å². The molecule has 1 amide bonds. The number of aliphatic hydroxyl groups excluding tert-OH is 1. The molecule has 5 nitrogen and oxygen atoms in total. The number of pyridine rings is 1. The van der Waals surface area contributed by atoms with Gasteiger partial charge in [-0.2, -0.15) is 0 Å². The van der Waals surface area contributed by atoms with Crippen molar-refractivity contribution >= 4 is 23.4 Å². The minimum absolute atomic E-state index is 0.302. The molecule has 0 fully saturated rings. The molecule has 1 rings (SSSR count). The summed E-state index contributed by atoms with van der Waals surface area (Å²) in [7, 11) is 0. The second-order valence-corrected chi connectivity index (χ2v) is 3.87. The van der Waals surface area contributed by atoms with Crippen LogP contribution in [0.1, 0.15) is 18.9 Å². The number of carbonyl (C=O) groups is 1. The highest BCUT2D eigenvalue weighted by Gasteiger charge is 2.08. The lowest BCUT2D eigenvalue weighted by Gasteiger charge is -2.10. The van der Waals surface area contributed by atoms with Crippen LogP contribution in [-0.2, 0) is 6.42 Å². The van der Waals surface area contributed by atoms with Crippen LogP contribution in [0.5, 0.6) is 0 Å². The number of hydrogen-bond acceptors (Lipinski definition) is 3. The molecule has 0 aromatic carbocycles. The number of anilines is 1. The number of nitrogens with one attached hydrogen (secondary N) is 1. The van der Waals surface area contributed by atoms with E-state index in [-0.39, 0.29) is 0 Å². The van der Waals surface area contributed by atoms with E-state index < -0.39 is 12.2 Å². The van der Waals surface area contributed by atoms with Gasteiger partial charge in [-0.15, -0.1) is 0 Å². The summed E-state index contributed by atoms with van der Waals surface area (Å²) in [6, 6.07) is 1.59. The summed E-state index contributed by atoms with van der Waals surface area (Å²) in [6.45, 7) is 1.67. The number of rotatable bonds is 4. The van der Waals surface area contributed by atoms with Crippen LogP contribution in [0, 0.1) is 0 Å². The van der Waals surface area contributed by atoms with Gasteiger partial charge in [-0.05, 0) is 31.4 Å². The Morgan fingerprint density at radius 3 is 2.94 bits per heavy atom. The second-order valence-electron chi connectivity index (χ2n) is 3.48. The zero-order valence-corrected chi connectivity index (χ0v) is 9.53. The monoisotopic (exact) mass is 244 g/mol. The molecule has 0 saturated heterocycles. The molecule has 0 radical (unpaired) electrons. The Bertz CT molecular complexity index is 382. The Kier molecular flexibility index (Phi) is 4.52. The number of amides is 1. The number of aryl methyl sites for hydroxylation is 1. The number of nitrogens with zero attached hydrogens (tertiary/aromatic N) is 1. The van der Waals surface area contributed by atoms with E-state index in [4.69, 9.17) is 16.7 Å². The predicted molar refractivity (Wildman–Crippen MR) is 60.9 cm³/mol. The maximum absolute atomic E-state index is 10.5. The van der Waals surface area contributed by atoms with Gasteiger partial charge in [-0.25, -0.2) is 9.78 Å². The molecule has 1 heterocycles. The summed E-state index contributed by atoms with van der Waals surface area (Å²) < 4.78 is 0. The van der Waals surface area contributed by atoms with Gasteiger partial charge in [0.2, 0.25) is 0 Å². The third-order valence-corrected chi connectivity index (χ3v) is 2.24. The zero-order chi connectivity index (χ0) is 12.1. The fraction of sp³-hybridized carbons (Fsp3) is 0.400. The normalized spacial score (nSPS) is 12.2. The molecular formula is C10H13ClN2O3. The van der Waals surface area contributed by atoms with Crippen molar-refractivity contribution in [1.29, 1.82) is 0 Å². The van der Waals surface area contributed by atoms with Crippen molar-refractivity contribution in [2.45, 2.75) is 25.9 Å². The molecule has 0 aliphatic carbocycles. The molecule has 1 aromatic rings. The van der Waals surface area contributed by atoms with Crippen molar-refractivity contribution in [1.82, 2.24) is 4.98 Å². The maximum atomic E-state index is 10.5.